The van der Waals surface area contributed by atoms with Gasteiger partial charge in [0, 0.05) is 30.1 Å². The fourth-order valence-electron chi connectivity index (χ4n) is 1.68. The summed E-state index contributed by atoms with van der Waals surface area (Å²) in [5, 5.41) is 10.7. The van der Waals surface area contributed by atoms with Crippen molar-refractivity contribution in [2.24, 2.45) is 0 Å². The number of hydrogen-bond donors (Lipinski definition) is 0. The lowest BCUT2D eigenvalue weighted by Crippen LogP contribution is -2.19. The standard InChI is InChI=1S/C13H7F3N2O4/c14-13(15,16)22-11-4-3-9(18(20)21)6-10(11)12(19)8-2-1-5-17-7-8/h1-7H. The van der Waals surface area contributed by atoms with Crippen LogP contribution in [0.3, 0.4) is 0 Å². The van der Waals surface area contributed by atoms with Crippen molar-refractivity contribution >= 4 is 11.5 Å². The van der Waals surface area contributed by atoms with Gasteiger partial charge >= 0.3 is 6.36 Å². The van der Waals surface area contributed by atoms with Gasteiger partial charge in [0.25, 0.3) is 5.69 Å². The van der Waals surface area contributed by atoms with Crippen molar-refractivity contribution in [1.82, 2.24) is 4.98 Å². The van der Waals surface area contributed by atoms with E-state index in [1.165, 1.54) is 18.3 Å². The third kappa shape index (κ3) is 3.57. The molecule has 22 heavy (non-hydrogen) atoms. The number of halogens is 3. The van der Waals surface area contributed by atoms with Gasteiger partial charge in [-0.2, -0.15) is 0 Å². The number of ketones is 1. The van der Waals surface area contributed by atoms with Gasteiger partial charge in [-0.05, 0) is 18.2 Å². The van der Waals surface area contributed by atoms with Crippen LogP contribution in [0.4, 0.5) is 18.9 Å². The highest BCUT2D eigenvalue weighted by Gasteiger charge is 2.33. The van der Waals surface area contributed by atoms with E-state index in [4.69, 9.17) is 0 Å². The Balaban J connectivity index is 2.52. The maximum atomic E-state index is 12.4. The van der Waals surface area contributed by atoms with Crippen molar-refractivity contribution in [1.29, 1.82) is 0 Å². The Labute approximate surface area is 121 Å². The first-order valence-corrected chi connectivity index (χ1v) is 5.77. The number of non-ortho nitro benzene ring substituents is 1. The summed E-state index contributed by atoms with van der Waals surface area (Å²) >= 11 is 0. The smallest absolute Gasteiger partial charge is 0.405 e. The summed E-state index contributed by atoms with van der Waals surface area (Å²) in [6.07, 6.45) is -2.52. The zero-order valence-corrected chi connectivity index (χ0v) is 10.7. The second-order valence-electron chi connectivity index (χ2n) is 4.06. The number of nitro groups is 1. The maximum Gasteiger partial charge on any atom is 0.573 e. The normalized spacial score (nSPS) is 11.0. The van der Waals surface area contributed by atoms with E-state index < -0.39 is 34.1 Å². The van der Waals surface area contributed by atoms with Gasteiger partial charge in [0.1, 0.15) is 5.75 Å². The number of nitro benzene ring substituents is 1. The summed E-state index contributed by atoms with van der Waals surface area (Å²) in [5.74, 6) is -1.68. The number of hydrogen-bond acceptors (Lipinski definition) is 5. The average Bonchev–Trinajstić information content (AvgIpc) is 2.46. The van der Waals surface area contributed by atoms with Crippen molar-refractivity contribution in [2.45, 2.75) is 6.36 Å². The molecule has 0 amide bonds. The van der Waals surface area contributed by atoms with Crippen LogP contribution in [-0.4, -0.2) is 22.1 Å². The Morgan fingerprint density at radius 1 is 1.27 bits per heavy atom. The number of alkyl halides is 3. The Morgan fingerprint density at radius 2 is 2.00 bits per heavy atom. The Hall–Kier alpha value is -2.97. The van der Waals surface area contributed by atoms with E-state index in [9.17, 15) is 28.1 Å². The predicted molar refractivity (Wildman–Crippen MR) is 67.4 cm³/mol. The molecule has 0 unspecified atom stereocenters. The molecule has 0 aliphatic heterocycles. The zero-order valence-electron chi connectivity index (χ0n) is 10.7. The molecule has 1 heterocycles. The minimum Gasteiger partial charge on any atom is -0.405 e. The van der Waals surface area contributed by atoms with Crippen LogP contribution < -0.4 is 4.74 Å². The van der Waals surface area contributed by atoms with Crippen LogP contribution >= 0.6 is 0 Å². The summed E-state index contributed by atoms with van der Waals surface area (Å²) in [5.41, 5.74) is -1.11. The SMILES string of the molecule is O=C(c1cccnc1)c1cc([N+](=O)[O-])ccc1OC(F)(F)F. The van der Waals surface area contributed by atoms with Crippen LogP contribution in [0.2, 0.25) is 0 Å². The maximum absolute atomic E-state index is 12.4. The van der Waals surface area contributed by atoms with Crippen LogP contribution in [0.25, 0.3) is 0 Å². The molecular formula is C13H7F3N2O4. The second-order valence-corrected chi connectivity index (χ2v) is 4.06. The molecule has 1 aromatic heterocycles. The average molecular weight is 312 g/mol. The topological polar surface area (TPSA) is 82.3 Å². The lowest BCUT2D eigenvalue weighted by Gasteiger charge is -2.12. The van der Waals surface area contributed by atoms with Crippen molar-refractivity contribution in [3.05, 3.63) is 64.0 Å². The van der Waals surface area contributed by atoms with Gasteiger partial charge in [0.05, 0.1) is 10.5 Å². The number of nitrogens with zero attached hydrogens (tertiary/aromatic N) is 2. The van der Waals surface area contributed by atoms with E-state index in [1.54, 1.807) is 0 Å². The first-order valence-electron chi connectivity index (χ1n) is 5.77. The molecule has 0 fully saturated rings. The van der Waals surface area contributed by atoms with Gasteiger partial charge in [0.2, 0.25) is 0 Å². The highest BCUT2D eigenvalue weighted by molar-refractivity contribution is 6.10. The van der Waals surface area contributed by atoms with Gasteiger partial charge in [-0.3, -0.25) is 19.9 Å². The molecule has 0 radical (unpaired) electrons. The van der Waals surface area contributed by atoms with Gasteiger partial charge in [-0.1, -0.05) is 0 Å². The number of rotatable bonds is 4. The molecule has 0 aliphatic rings. The molecule has 0 atom stereocenters. The molecule has 6 nitrogen and oxygen atoms in total. The molecule has 0 bridgehead atoms. The molecular weight excluding hydrogens is 305 g/mol. The van der Waals surface area contributed by atoms with Crippen molar-refractivity contribution in [3.63, 3.8) is 0 Å². The summed E-state index contributed by atoms with van der Waals surface area (Å²) < 4.78 is 40.8. The van der Waals surface area contributed by atoms with E-state index >= 15 is 0 Å². The minimum atomic E-state index is -5.03. The summed E-state index contributed by atoms with van der Waals surface area (Å²) in [6.45, 7) is 0. The van der Waals surface area contributed by atoms with Crippen LogP contribution in [0.15, 0.2) is 42.7 Å². The summed E-state index contributed by atoms with van der Waals surface area (Å²) in [6, 6.07) is 5.02. The molecule has 1 aromatic carbocycles. The van der Waals surface area contributed by atoms with E-state index in [1.807, 2.05) is 0 Å². The highest BCUT2D eigenvalue weighted by atomic mass is 19.4. The van der Waals surface area contributed by atoms with E-state index in [2.05, 4.69) is 9.72 Å². The van der Waals surface area contributed by atoms with Crippen molar-refractivity contribution in [3.8, 4) is 5.75 Å². The quantitative estimate of drug-likeness (QED) is 0.492. The van der Waals surface area contributed by atoms with Crippen LogP contribution in [0.1, 0.15) is 15.9 Å². The molecule has 0 saturated carbocycles. The third-order valence-electron chi connectivity index (χ3n) is 2.57. The molecule has 0 N–H and O–H groups in total. The largest absolute Gasteiger partial charge is 0.573 e. The van der Waals surface area contributed by atoms with Gasteiger partial charge in [-0.15, -0.1) is 13.2 Å². The van der Waals surface area contributed by atoms with Crippen LogP contribution in [0.5, 0.6) is 5.75 Å². The zero-order chi connectivity index (χ0) is 16.3. The number of benzene rings is 1. The molecule has 2 aromatic rings. The Morgan fingerprint density at radius 3 is 2.55 bits per heavy atom. The molecule has 2 rings (SSSR count). The summed E-state index contributed by atoms with van der Waals surface area (Å²) in [7, 11) is 0. The first-order chi connectivity index (χ1) is 10.3. The molecule has 9 heteroatoms. The second kappa shape index (κ2) is 5.80. The number of carbonyl (C=O) groups excluding carboxylic acids is 1. The fraction of sp³-hybridized carbons (Fsp3) is 0.0769. The molecule has 0 aliphatic carbocycles. The van der Waals surface area contributed by atoms with Crippen LogP contribution in [0, 0.1) is 10.1 Å². The van der Waals surface area contributed by atoms with Crippen LogP contribution in [-0.2, 0) is 0 Å². The van der Waals surface area contributed by atoms with E-state index in [0.717, 1.165) is 24.4 Å². The van der Waals surface area contributed by atoms with E-state index in [-0.39, 0.29) is 5.56 Å². The summed E-state index contributed by atoms with van der Waals surface area (Å²) in [4.78, 5) is 25.8. The lowest BCUT2D eigenvalue weighted by atomic mass is 10.0. The van der Waals surface area contributed by atoms with Gasteiger partial charge in [-0.25, -0.2) is 0 Å². The predicted octanol–water partition coefficient (Wildman–Crippen LogP) is 3.12. The van der Waals surface area contributed by atoms with Gasteiger partial charge < -0.3 is 4.74 Å². The highest BCUT2D eigenvalue weighted by Crippen LogP contribution is 2.30. The molecule has 0 spiro atoms. The molecule has 0 saturated heterocycles. The van der Waals surface area contributed by atoms with E-state index in [0.29, 0.717) is 0 Å². The Bertz CT molecular complexity index is 717. The minimum absolute atomic E-state index is 0.0185. The lowest BCUT2D eigenvalue weighted by molar-refractivity contribution is -0.385. The van der Waals surface area contributed by atoms with Crippen molar-refractivity contribution < 1.29 is 27.6 Å². The number of aromatic nitrogens is 1. The number of pyridine rings is 1. The number of ether oxygens (including phenoxy) is 1. The first kappa shape index (κ1) is 15.4. The van der Waals surface area contributed by atoms with Crippen molar-refractivity contribution in [2.75, 3.05) is 0 Å². The third-order valence-corrected chi connectivity index (χ3v) is 2.57. The van der Waals surface area contributed by atoms with Gasteiger partial charge in [0.15, 0.2) is 5.78 Å². The monoisotopic (exact) mass is 312 g/mol. The fourth-order valence-corrected chi connectivity index (χ4v) is 1.68. The molecule has 114 valence electrons. The Kier molecular flexibility index (Phi) is 4.06. The number of carbonyl (C=O) groups is 1.